The number of ketones is 1. The highest BCUT2D eigenvalue weighted by Gasteiger charge is 2.08. The minimum absolute atomic E-state index is 0.159. The maximum absolute atomic E-state index is 11.9. The molecule has 4 nitrogen and oxygen atoms in total. The first-order valence-electron chi connectivity index (χ1n) is 8.03. The average Bonchev–Trinajstić information content (AvgIpc) is 2.91. The Morgan fingerprint density at radius 3 is 2.45 bits per heavy atom. The van der Waals surface area contributed by atoms with Crippen LogP contribution in [0.15, 0.2) is 12.5 Å². The van der Waals surface area contributed by atoms with Crippen LogP contribution in [0.4, 0.5) is 0 Å². The minimum atomic E-state index is 0.159. The molecule has 1 rings (SSSR count). The fraction of sp³-hybridized carbons (Fsp3) is 0.750. The average molecular weight is 279 g/mol. The molecule has 0 spiro atoms. The number of aromatic nitrogens is 2. The van der Waals surface area contributed by atoms with Crippen LogP contribution in [0.3, 0.4) is 0 Å². The third-order valence-electron chi connectivity index (χ3n) is 3.56. The van der Waals surface area contributed by atoms with Gasteiger partial charge in [0.05, 0.1) is 6.33 Å². The largest absolute Gasteiger partial charge is 0.335 e. The van der Waals surface area contributed by atoms with Crippen LogP contribution >= 0.6 is 0 Å². The van der Waals surface area contributed by atoms with Gasteiger partial charge < -0.3 is 10.3 Å². The summed E-state index contributed by atoms with van der Waals surface area (Å²) in [5.41, 5.74) is 6.05. The van der Waals surface area contributed by atoms with Crippen LogP contribution in [0.25, 0.3) is 0 Å². The van der Waals surface area contributed by atoms with Crippen molar-refractivity contribution in [1.29, 1.82) is 0 Å². The van der Waals surface area contributed by atoms with Crippen LogP contribution in [0, 0.1) is 0 Å². The molecule has 4 heteroatoms. The van der Waals surface area contributed by atoms with Gasteiger partial charge in [-0.25, -0.2) is 4.98 Å². The van der Waals surface area contributed by atoms with Crippen molar-refractivity contribution in [1.82, 2.24) is 9.55 Å². The highest BCUT2D eigenvalue weighted by atomic mass is 16.1. The lowest BCUT2D eigenvalue weighted by atomic mass is 10.1. The highest BCUT2D eigenvalue weighted by Crippen LogP contribution is 2.11. The van der Waals surface area contributed by atoms with Gasteiger partial charge in [-0.1, -0.05) is 51.9 Å². The van der Waals surface area contributed by atoms with Gasteiger partial charge in [-0.05, 0) is 6.42 Å². The number of hydrogen-bond acceptors (Lipinski definition) is 3. The number of rotatable bonds is 12. The summed E-state index contributed by atoms with van der Waals surface area (Å²) in [5, 5.41) is 0. The molecule has 0 aliphatic heterocycles. The molecule has 0 fully saturated rings. The zero-order chi connectivity index (χ0) is 14.6. The molecule has 0 aliphatic carbocycles. The van der Waals surface area contributed by atoms with Crippen molar-refractivity contribution in [2.75, 3.05) is 6.54 Å². The SMILES string of the molecule is CCCCCCCCCCC(=O)c1cn(CCN)cn1. The second-order valence-corrected chi connectivity index (χ2v) is 5.43. The maximum atomic E-state index is 11.9. The first-order valence-corrected chi connectivity index (χ1v) is 8.03. The van der Waals surface area contributed by atoms with E-state index >= 15 is 0 Å². The predicted octanol–water partition coefficient (Wildman–Crippen LogP) is 3.56. The second-order valence-electron chi connectivity index (χ2n) is 5.43. The van der Waals surface area contributed by atoms with E-state index in [4.69, 9.17) is 5.73 Å². The van der Waals surface area contributed by atoms with Crippen LogP contribution in [0.2, 0.25) is 0 Å². The molecule has 0 aromatic carbocycles. The quantitative estimate of drug-likeness (QED) is 0.470. The number of carbonyl (C=O) groups excluding carboxylic acids is 1. The molecule has 1 heterocycles. The predicted molar refractivity (Wildman–Crippen MR) is 82.8 cm³/mol. The summed E-state index contributed by atoms with van der Waals surface area (Å²) in [4.78, 5) is 16.1. The van der Waals surface area contributed by atoms with Gasteiger partial charge in [-0.15, -0.1) is 0 Å². The molecule has 1 aromatic rings. The van der Waals surface area contributed by atoms with Gasteiger partial charge in [0.1, 0.15) is 5.69 Å². The Kier molecular flexibility index (Phi) is 8.96. The molecular formula is C16H29N3O. The lowest BCUT2D eigenvalue weighted by Crippen LogP contribution is -2.08. The van der Waals surface area contributed by atoms with Gasteiger partial charge in [0, 0.05) is 25.7 Å². The molecule has 0 saturated heterocycles. The van der Waals surface area contributed by atoms with Crippen molar-refractivity contribution in [2.24, 2.45) is 5.73 Å². The molecule has 0 radical (unpaired) electrons. The molecule has 20 heavy (non-hydrogen) atoms. The number of nitrogens with zero attached hydrogens (tertiary/aromatic N) is 2. The number of nitrogens with two attached hydrogens (primary N) is 1. The Balaban J connectivity index is 2.07. The number of unbranched alkanes of at least 4 members (excludes halogenated alkanes) is 7. The number of hydrogen-bond donors (Lipinski definition) is 1. The number of Topliss-reactive ketones (excluding diaryl/α,β-unsaturated/α-hetero) is 1. The van der Waals surface area contributed by atoms with E-state index in [0.717, 1.165) is 19.4 Å². The van der Waals surface area contributed by atoms with Gasteiger partial charge in [-0.3, -0.25) is 4.79 Å². The topological polar surface area (TPSA) is 60.9 Å². The molecular weight excluding hydrogens is 250 g/mol. The molecule has 1 aromatic heterocycles. The summed E-state index contributed by atoms with van der Waals surface area (Å²) >= 11 is 0. The molecule has 0 bridgehead atoms. The van der Waals surface area contributed by atoms with E-state index in [1.807, 2.05) is 4.57 Å². The van der Waals surface area contributed by atoms with E-state index in [9.17, 15) is 4.79 Å². The number of imidazole rings is 1. The standard InChI is InChI=1S/C16H29N3O/c1-2-3-4-5-6-7-8-9-10-16(20)15-13-19(12-11-17)14-18-15/h13-14H,2-12,17H2,1H3. The number of carbonyl (C=O) groups is 1. The zero-order valence-electron chi connectivity index (χ0n) is 12.8. The van der Waals surface area contributed by atoms with Crippen LogP contribution in [-0.4, -0.2) is 21.9 Å². The summed E-state index contributed by atoms with van der Waals surface area (Å²) in [7, 11) is 0. The Morgan fingerprint density at radius 1 is 1.15 bits per heavy atom. The summed E-state index contributed by atoms with van der Waals surface area (Å²) in [6.07, 6.45) is 14.1. The fourth-order valence-corrected chi connectivity index (χ4v) is 2.32. The molecule has 114 valence electrons. The van der Waals surface area contributed by atoms with Gasteiger partial charge in [0.2, 0.25) is 0 Å². The lowest BCUT2D eigenvalue weighted by molar-refractivity contribution is 0.0974. The first-order chi connectivity index (χ1) is 9.77. The Bertz CT molecular complexity index is 374. The van der Waals surface area contributed by atoms with E-state index in [0.29, 0.717) is 18.7 Å². The van der Waals surface area contributed by atoms with Gasteiger partial charge >= 0.3 is 0 Å². The summed E-state index contributed by atoms with van der Waals surface area (Å²) in [6.45, 7) is 3.53. The van der Waals surface area contributed by atoms with Crippen molar-refractivity contribution in [3.8, 4) is 0 Å². The second kappa shape index (κ2) is 10.6. The van der Waals surface area contributed by atoms with Crippen molar-refractivity contribution in [3.63, 3.8) is 0 Å². The van der Waals surface area contributed by atoms with E-state index in [1.54, 1.807) is 12.5 Å². The first kappa shape index (κ1) is 16.9. The Labute approximate surface area is 122 Å². The molecule has 0 unspecified atom stereocenters. The van der Waals surface area contributed by atoms with E-state index in [2.05, 4.69) is 11.9 Å². The fourth-order valence-electron chi connectivity index (χ4n) is 2.32. The van der Waals surface area contributed by atoms with Crippen molar-refractivity contribution >= 4 is 5.78 Å². The van der Waals surface area contributed by atoms with Crippen LogP contribution in [0.5, 0.6) is 0 Å². The van der Waals surface area contributed by atoms with Crippen LogP contribution in [-0.2, 0) is 6.54 Å². The molecule has 2 N–H and O–H groups in total. The molecule has 0 saturated carbocycles. The van der Waals surface area contributed by atoms with Gasteiger partial charge in [0.25, 0.3) is 0 Å². The summed E-state index contributed by atoms with van der Waals surface area (Å²) in [5.74, 6) is 0.159. The van der Waals surface area contributed by atoms with Crippen molar-refractivity contribution in [3.05, 3.63) is 18.2 Å². The van der Waals surface area contributed by atoms with Gasteiger partial charge in [0.15, 0.2) is 5.78 Å². The zero-order valence-corrected chi connectivity index (χ0v) is 12.8. The van der Waals surface area contributed by atoms with Gasteiger partial charge in [-0.2, -0.15) is 0 Å². The minimum Gasteiger partial charge on any atom is -0.335 e. The molecule has 0 aliphatic rings. The third kappa shape index (κ3) is 6.85. The molecule has 0 amide bonds. The van der Waals surface area contributed by atoms with E-state index in [-0.39, 0.29) is 5.78 Å². The monoisotopic (exact) mass is 279 g/mol. The Hall–Kier alpha value is -1.16. The Morgan fingerprint density at radius 2 is 1.80 bits per heavy atom. The normalized spacial score (nSPS) is 10.9. The van der Waals surface area contributed by atoms with E-state index < -0.39 is 0 Å². The third-order valence-corrected chi connectivity index (χ3v) is 3.56. The smallest absolute Gasteiger partial charge is 0.182 e. The van der Waals surface area contributed by atoms with Crippen molar-refractivity contribution in [2.45, 2.75) is 71.3 Å². The maximum Gasteiger partial charge on any atom is 0.182 e. The molecule has 0 atom stereocenters. The highest BCUT2D eigenvalue weighted by molar-refractivity contribution is 5.93. The summed E-state index contributed by atoms with van der Waals surface area (Å²) < 4.78 is 1.88. The van der Waals surface area contributed by atoms with Crippen LogP contribution in [0.1, 0.15) is 75.2 Å². The van der Waals surface area contributed by atoms with Crippen molar-refractivity contribution < 1.29 is 4.79 Å². The van der Waals surface area contributed by atoms with E-state index in [1.165, 1.54) is 38.5 Å². The van der Waals surface area contributed by atoms with Crippen LogP contribution < -0.4 is 5.73 Å². The lowest BCUT2D eigenvalue weighted by Gasteiger charge is -2.01. The summed E-state index contributed by atoms with van der Waals surface area (Å²) in [6, 6.07) is 0.